The molecule has 0 aromatic carbocycles. The first-order valence-corrected chi connectivity index (χ1v) is 8.53. The summed E-state index contributed by atoms with van der Waals surface area (Å²) >= 11 is 0. The molecule has 1 atom stereocenters. The molecule has 2 fully saturated rings. The van der Waals surface area contributed by atoms with Crippen LogP contribution in [0.2, 0.25) is 0 Å². The van der Waals surface area contributed by atoms with E-state index in [0.29, 0.717) is 0 Å². The average Bonchev–Trinajstić information content (AvgIpc) is 2.41. The first-order chi connectivity index (χ1) is 9.33. The van der Waals surface area contributed by atoms with Crippen molar-refractivity contribution in [1.82, 2.24) is 15.1 Å². The van der Waals surface area contributed by atoms with Gasteiger partial charge in [0.15, 0.2) is 0 Å². The van der Waals surface area contributed by atoms with Crippen molar-refractivity contribution in [2.75, 3.05) is 39.3 Å². The van der Waals surface area contributed by atoms with Crippen molar-refractivity contribution >= 4 is 0 Å². The summed E-state index contributed by atoms with van der Waals surface area (Å²) in [5, 5.41) is 3.68. The fourth-order valence-electron chi connectivity index (χ4n) is 3.66. The van der Waals surface area contributed by atoms with Gasteiger partial charge in [0.1, 0.15) is 0 Å². The van der Waals surface area contributed by atoms with Crippen LogP contribution in [0.5, 0.6) is 0 Å². The molecule has 0 aliphatic carbocycles. The minimum absolute atomic E-state index is 0.753. The van der Waals surface area contributed by atoms with E-state index in [9.17, 15) is 0 Å². The first kappa shape index (κ1) is 15.3. The summed E-state index contributed by atoms with van der Waals surface area (Å²) in [7, 11) is 0. The predicted molar refractivity (Wildman–Crippen MR) is 82.6 cm³/mol. The molecule has 2 heterocycles. The topological polar surface area (TPSA) is 18.5 Å². The van der Waals surface area contributed by atoms with E-state index in [-0.39, 0.29) is 0 Å². The van der Waals surface area contributed by atoms with Gasteiger partial charge in [-0.05, 0) is 77.8 Å². The molecule has 0 amide bonds. The Hall–Kier alpha value is -0.120. The van der Waals surface area contributed by atoms with Crippen molar-refractivity contribution in [3.63, 3.8) is 0 Å². The summed E-state index contributed by atoms with van der Waals surface area (Å²) in [5.74, 6) is 0. The number of rotatable bonds is 4. The fourth-order valence-corrected chi connectivity index (χ4v) is 3.66. The lowest BCUT2D eigenvalue weighted by atomic mass is 10.0. The second kappa shape index (κ2) is 8.23. The van der Waals surface area contributed by atoms with Crippen molar-refractivity contribution in [3.8, 4) is 0 Å². The maximum Gasteiger partial charge on any atom is 0.0120 e. The van der Waals surface area contributed by atoms with Crippen LogP contribution in [0.1, 0.15) is 52.4 Å². The SMILES string of the molecule is CCCN1CCC(N2CCCNC(CC)CC2)CC1. The number of likely N-dealkylation sites (tertiary alicyclic amines) is 1. The van der Waals surface area contributed by atoms with Crippen LogP contribution >= 0.6 is 0 Å². The Morgan fingerprint density at radius 3 is 2.47 bits per heavy atom. The third-order valence-electron chi connectivity index (χ3n) is 4.93. The molecule has 0 radical (unpaired) electrons. The minimum Gasteiger partial charge on any atom is -0.314 e. The molecule has 2 rings (SSSR count). The summed E-state index contributed by atoms with van der Waals surface area (Å²) in [6.45, 7) is 12.4. The van der Waals surface area contributed by atoms with Crippen LogP contribution in [0.3, 0.4) is 0 Å². The molecule has 1 unspecified atom stereocenters. The van der Waals surface area contributed by atoms with E-state index in [2.05, 4.69) is 29.0 Å². The molecule has 0 bridgehead atoms. The van der Waals surface area contributed by atoms with Gasteiger partial charge in [0, 0.05) is 12.1 Å². The summed E-state index contributed by atoms with van der Waals surface area (Å²) in [6, 6.07) is 1.62. The number of hydrogen-bond donors (Lipinski definition) is 1. The van der Waals surface area contributed by atoms with E-state index >= 15 is 0 Å². The number of piperidine rings is 1. The maximum atomic E-state index is 3.68. The van der Waals surface area contributed by atoms with E-state index in [1.165, 1.54) is 77.8 Å². The number of nitrogens with one attached hydrogen (secondary N) is 1. The lowest BCUT2D eigenvalue weighted by Crippen LogP contribution is -2.48. The molecule has 2 aliphatic heterocycles. The number of hydrogen-bond acceptors (Lipinski definition) is 3. The fraction of sp³-hybridized carbons (Fsp3) is 1.00. The zero-order valence-electron chi connectivity index (χ0n) is 13.0. The van der Waals surface area contributed by atoms with E-state index < -0.39 is 0 Å². The van der Waals surface area contributed by atoms with Gasteiger partial charge >= 0.3 is 0 Å². The van der Waals surface area contributed by atoms with E-state index in [1.807, 2.05) is 0 Å². The van der Waals surface area contributed by atoms with Crippen molar-refractivity contribution < 1.29 is 0 Å². The van der Waals surface area contributed by atoms with Gasteiger partial charge in [0.2, 0.25) is 0 Å². The van der Waals surface area contributed by atoms with Crippen LogP contribution in [-0.4, -0.2) is 61.2 Å². The normalized spacial score (nSPS) is 29.1. The van der Waals surface area contributed by atoms with Crippen LogP contribution in [0.15, 0.2) is 0 Å². The van der Waals surface area contributed by atoms with Crippen LogP contribution in [0.4, 0.5) is 0 Å². The molecule has 2 aliphatic rings. The van der Waals surface area contributed by atoms with Gasteiger partial charge in [-0.2, -0.15) is 0 Å². The van der Waals surface area contributed by atoms with Crippen LogP contribution in [0, 0.1) is 0 Å². The Balaban J connectivity index is 1.77. The quantitative estimate of drug-likeness (QED) is 0.843. The minimum atomic E-state index is 0.753. The third kappa shape index (κ3) is 4.73. The molecule has 1 N–H and O–H groups in total. The van der Waals surface area contributed by atoms with Crippen molar-refractivity contribution in [2.24, 2.45) is 0 Å². The molecule has 19 heavy (non-hydrogen) atoms. The highest BCUT2D eigenvalue weighted by atomic mass is 15.2. The summed E-state index contributed by atoms with van der Waals surface area (Å²) in [6.07, 6.45) is 8.03. The molecular formula is C16H33N3. The molecule has 3 nitrogen and oxygen atoms in total. The Bertz CT molecular complexity index is 236. The summed E-state index contributed by atoms with van der Waals surface area (Å²) in [4.78, 5) is 5.45. The summed E-state index contributed by atoms with van der Waals surface area (Å²) < 4.78 is 0. The molecule has 0 aromatic rings. The van der Waals surface area contributed by atoms with E-state index in [0.717, 1.165) is 12.1 Å². The first-order valence-electron chi connectivity index (χ1n) is 8.53. The second-order valence-electron chi connectivity index (χ2n) is 6.31. The Labute approximate surface area is 119 Å². The molecule has 0 spiro atoms. The lowest BCUT2D eigenvalue weighted by molar-refractivity contribution is 0.0979. The highest BCUT2D eigenvalue weighted by Crippen LogP contribution is 2.19. The van der Waals surface area contributed by atoms with Crippen LogP contribution in [0.25, 0.3) is 0 Å². The monoisotopic (exact) mass is 267 g/mol. The smallest absolute Gasteiger partial charge is 0.0120 e. The van der Waals surface area contributed by atoms with Gasteiger partial charge in [-0.1, -0.05) is 13.8 Å². The highest BCUT2D eigenvalue weighted by Gasteiger charge is 2.25. The van der Waals surface area contributed by atoms with Gasteiger partial charge in [-0.25, -0.2) is 0 Å². The van der Waals surface area contributed by atoms with Crippen LogP contribution < -0.4 is 5.32 Å². The van der Waals surface area contributed by atoms with Gasteiger partial charge in [-0.3, -0.25) is 0 Å². The van der Waals surface area contributed by atoms with Gasteiger partial charge in [0.25, 0.3) is 0 Å². The van der Waals surface area contributed by atoms with E-state index in [4.69, 9.17) is 0 Å². The summed E-state index contributed by atoms with van der Waals surface area (Å²) in [5.41, 5.74) is 0. The molecule has 0 aromatic heterocycles. The Morgan fingerprint density at radius 2 is 1.79 bits per heavy atom. The molecule has 0 saturated carbocycles. The molecular weight excluding hydrogens is 234 g/mol. The Kier molecular flexibility index (Phi) is 6.62. The van der Waals surface area contributed by atoms with Gasteiger partial charge in [0.05, 0.1) is 0 Å². The zero-order chi connectivity index (χ0) is 13.5. The third-order valence-corrected chi connectivity index (χ3v) is 4.93. The number of nitrogens with zero attached hydrogens (tertiary/aromatic N) is 2. The standard InChI is InChI=1S/C16H33N3/c1-3-10-18-12-7-16(8-13-18)19-11-5-9-17-15(4-2)6-14-19/h15-17H,3-14H2,1-2H3. The predicted octanol–water partition coefficient (Wildman–Crippen LogP) is 2.32. The lowest BCUT2D eigenvalue weighted by Gasteiger charge is -2.40. The van der Waals surface area contributed by atoms with Gasteiger partial charge < -0.3 is 15.1 Å². The second-order valence-corrected chi connectivity index (χ2v) is 6.31. The van der Waals surface area contributed by atoms with Crippen molar-refractivity contribution in [2.45, 2.75) is 64.5 Å². The maximum absolute atomic E-state index is 3.68. The molecule has 112 valence electrons. The highest BCUT2D eigenvalue weighted by molar-refractivity contribution is 4.82. The largest absolute Gasteiger partial charge is 0.314 e. The van der Waals surface area contributed by atoms with Crippen LogP contribution in [-0.2, 0) is 0 Å². The van der Waals surface area contributed by atoms with Crippen molar-refractivity contribution in [1.29, 1.82) is 0 Å². The zero-order valence-corrected chi connectivity index (χ0v) is 13.0. The molecule has 3 heteroatoms. The van der Waals surface area contributed by atoms with E-state index in [1.54, 1.807) is 0 Å². The van der Waals surface area contributed by atoms with Crippen molar-refractivity contribution in [3.05, 3.63) is 0 Å². The average molecular weight is 267 g/mol. The van der Waals surface area contributed by atoms with Gasteiger partial charge in [-0.15, -0.1) is 0 Å². The Morgan fingerprint density at radius 1 is 1.00 bits per heavy atom. The molecule has 2 saturated heterocycles.